The first-order valence-corrected chi connectivity index (χ1v) is 11.0. The first-order valence-electron chi connectivity index (χ1n) is 10.1. The summed E-state index contributed by atoms with van der Waals surface area (Å²) in [5, 5.41) is 9.07. The molecule has 0 aliphatic carbocycles. The zero-order valence-electron chi connectivity index (χ0n) is 18.0. The van der Waals surface area contributed by atoms with Crippen LogP contribution < -0.4 is 4.90 Å². The second-order valence-electron chi connectivity index (χ2n) is 7.63. The summed E-state index contributed by atoms with van der Waals surface area (Å²) in [5.41, 5.74) is 2.66. The standard InChI is InChI=1S/C23H27FN4OS/c1-6-17-7-9-18(10-8-17)21(29)16(3)30-23-26-25-22(15(2)27(4)5)28(23)20-13-11-19(24)12-14-20/h7-16H,6H2,1-5H3/p+1/t15-,16+/m0/s1. The number of nitrogens with zero attached hydrogens (tertiary/aromatic N) is 3. The van der Waals surface area contributed by atoms with Gasteiger partial charge < -0.3 is 4.90 Å². The molecule has 0 saturated carbocycles. The van der Waals surface area contributed by atoms with Crippen molar-refractivity contribution in [3.05, 3.63) is 71.3 Å². The van der Waals surface area contributed by atoms with Crippen LogP contribution in [0.5, 0.6) is 0 Å². The Kier molecular flexibility index (Phi) is 7.05. The molecule has 1 aromatic heterocycles. The molecule has 158 valence electrons. The molecule has 3 aromatic rings. The lowest BCUT2D eigenvalue weighted by molar-refractivity contribution is -0.890. The SMILES string of the molecule is CCc1ccc(C(=O)[C@@H](C)Sc2nnc([C@H](C)[NH+](C)C)n2-c2ccc(F)cc2)cc1. The Bertz CT molecular complexity index is 999. The number of carbonyl (C=O) groups excluding carboxylic acids is 1. The van der Waals surface area contributed by atoms with Crippen LogP contribution in [0, 0.1) is 5.82 Å². The molecule has 0 aliphatic rings. The van der Waals surface area contributed by atoms with Crippen LogP contribution in [0.1, 0.15) is 48.6 Å². The minimum atomic E-state index is -0.337. The molecule has 30 heavy (non-hydrogen) atoms. The fourth-order valence-electron chi connectivity index (χ4n) is 3.08. The molecule has 0 bridgehead atoms. The van der Waals surface area contributed by atoms with Gasteiger partial charge in [-0.3, -0.25) is 9.36 Å². The van der Waals surface area contributed by atoms with Crippen molar-refractivity contribution in [2.24, 2.45) is 0 Å². The van der Waals surface area contributed by atoms with E-state index in [1.165, 1.54) is 34.4 Å². The van der Waals surface area contributed by atoms with E-state index in [2.05, 4.69) is 24.0 Å². The molecule has 0 saturated heterocycles. The summed E-state index contributed by atoms with van der Waals surface area (Å²) in [4.78, 5) is 14.2. The number of ketones is 1. The number of aromatic nitrogens is 3. The summed E-state index contributed by atoms with van der Waals surface area (Å²) in [6, 6.07) is 14.1. The van der Waals surface area contributed by atoms with Gasteiger partial charge in [0.1, 0.15) is 11.9 Å². The van der Waals surface area contributed by atoms with Gasteiger partial charge in [0, 0.05) is 11.3 Å². The maximum absolute atomic E-state index is 13.5. The molecule has 1 N–H and O–H groups in total. The molecule has 0 fully saturated rings. The Morgan fingerprint density at radius 3 is 2.27 bits per heavy atom. The van der Waals surface area contributed by atoms with Crippen molar-refractivity contribution in [3.63, 3.8) is 0 Å². The van der Waals surface area contributed by atoms with Crippen LogP contribution in [-0.4, -0.2) is 39.9 Å². The van der Waals surface area contributed by atoms with E-state index in [-0.39, 0.29) is 22.9 Å². The van der Waals surface area contributed by atoms with Crippen molar-refractivity contribution in [2.45, 2.75) is 43.6 Å². The number of thioether (sulfide) groups is 1. The fourth-order valence-corrected chi connectivity index (χ4v) is 4.03. The Morgan fingerprint density at radius 1 is 1.07 bits per heavy atom. The van der Waals surface area contributed by atoms with Crippen molar-refractivity contribution in [1.29, 1.82) is 0 Å². The Balaban J connectivity index is 1.92. The van der Waals surface area contributed by atoms with E-state index < -0.39 is 0 Å². The zero-order valence-corrected chi connectivity index (χ0v) is 18.8. The molecule has 0 unspecified atom stereocenters. The minimum absolute atomic E-state index is 0.0455. The van der Waals surface area contributed by atoms with Crippen molar-refractivity contribution in [2.75, 3.05) is 14.1 Å². The number of carbonyl (C=O) groups is 1. The number of hydrogen-bond acceptors (Lipinski definition) is 4. The Morgan fingerprint density at radius 2 is 1.70 bits per heavy atom. The Hall–Kier alpha value is -2.51. The summed E-state index contributed by atoms with van der Waals surface area (Å²) >= 11 is 1.37. The van der Waals surface area contributed by atoms with Crippen molar-refractivity contribution >= 4 is 17.5 Å². The van der Waals surface area contributed by atoms with Crippen LogP contribution in [0.15, 0.2) is 53.7 Å². The number of aryl methyl sites for hydroxylation is 1. The number of quaternary nitrogens is 1. The third kappa shape index (κ3) is 4.79. The molecule has 3 rings (SSSR count). The third-order valence-electron chi connectivity index (χ3n) is 5.29. The highest BCUT2D eigenvalue weighted by Crippen LogP contribution is 2.29. The lowest BCUT2D eigenvalue weighted by Crippen LogP contribution is -3.05. The van der Waals surface area contributed by atoms with Gasteiger partial charge in [-0.2, -0.15) is 0 Å². The summed E-state index contributed by atoms with van der Waals surface area (Å²) in [5.74, 6) is 0.521. The highest BCUT2D eigenvalue weighted by molar-refractivity contribution is 8.00. The van der Waals surface area contributed by atoms with Gasteiger partial charge in [0.15, 0.2) is 16.8 Å². The van der Waals surface area contributed by atoms with E-state index in [1.807, 2.05) is 49.9 Å². The number of Topliss-reactive ketones (excluding diaryl/α,β-unsaturated/α-hetero) is 1. The molecule has 0 spiro atoms. The van der Waals surface area contributed by atoms with Gasteiger partial charge >= 0.3 is 0 Å². The molecule has 2 atom stereocenters. The topological polar surface area (TPSA) is 52.2 Å². The van der Waals surface area contributed by atoms with Gasteiger partial charge in [0.25, 0.3) is 0 Å². The molecule has 5 nitrogen and oxygen atoms in total. The van der Waals surface area contributed by atoms with Crippen LogP contribution in [-0.2, 0) is 6.42 Å². The van der Waals surface area contributed by atoms with Crippen LogP contribution in [0.2, 0.25) is 0 Å². The number of nitrogens with one attached hydrogen (secondary N) is 1. The lowest BCUT2D eigenvalue weighted by atomic mass is 10.1. The summed E-state index contributed by atoms with van der Waals surface area (Å²) < 4.78 is 15.4. The first-order chi connectivity index (χ1) is 14.3. The van der Waals surface area contributed by atoms with Gasteiger partial charge in [-0.05, 0) is 50.1 Å². The van der Waals surface area contributed by atoms with E-state index in [4.69, 9.17) is 0 Å². The minimum Gasteiger partial charge on any atom is -0.331 e. The van der Waals surface area contributed by atoms with Crippen molar-refractivity contribution < 1.29 is 14.1 Å². The number of rotatable bonds is 8. The molecular formula is C23H28FN4OS+. The smallest absolute Gasteiger partial charge is 0.196 e. The summed E-state index contributed by atoms with van der Waals surface area (Å²) in [7, 11) is 4.10. The molecule has 0 radical (unpaired) electrons. The molecule has 0 amide bonds. The maximum atomic E-state index is 13.5. The van der Waals surface area contributed by atoms with E-state index in [9.17, 15) is 9.18 Å². The lowest BCUT2D eigenvalue weighted by Gasteiger charge is -2.18. The van der Waals surface area contributed by atoms with Crippen molar-refractivity contribution in [1.82, 2.24) is 14.8 Å². The van der Waals surface area contributed by atoms with Crippen LogP contribution in [0.4, 0.5) is 4.39 Å². The van der Waals surface area contributed by atoms with Gasteiger partial charge in [0.05, 0.1) is 19.3 Å². The van der Waals surface area contributed by atoms with Crippen molar-refractivity contribution in [3.8, 4) is 5.69 Å². The fraction of sp³-hybridized carbons (Fsp3) is 0.348. The molecule has 1 heterocycles. The van der Waals surface area contributed by atoms with Gasteiger partial charge in [-0.25, -0.2) is 4.39 Å². The maximum Gasteiger partial charge on any atom is 0.196 e. The van der Waals surface area contributed by atoms with Gasteiger partial charge in [-0.15, -0.1) is 10.2 Å². The Labute approximate surface area is 181 Å². The summed E-state index contributed by atoms with van der Waals surface area (Å²) in [6.45, 7) is 6.04. The van der Waals surface area contributed by atoms with Crippen LogP contribution >= 0.6 is 11.8 Å². The van der Waals surface area contributed by atoms with E-state index in [1.54, 1.807) is 12.1 Å². The largest absolute Gasteiger partial charge is 0.331 e. The second-order valence-corrected chi connectivity index (χ2v) is 8.93. The zero-order chi connectivity index (χ0) is 21.8. The first kappa shape index (κ1) is 22.2. The molecular weight excluding hydrogens is 399 g/mol. The van der Waals surface area contributed by atoms with E-state index in [0.717, 1.165) is 17.9 Å². The number of halogens is 1. The normalized spacial score (nSPS) is 13.4. The monoisotopic (exact) mass is 427 g/mol. The summed E-state index contributed by atoms with van der Waals surface area (Å²) in [6.07, 6.45) is 0.939. The predicted molar refractivity (Wildman–Crippen MR) is 118 cm³/mol. The molecule has 0 aliphatic heterocycles. The number of benzene rings is 2. The quantitative estimate of drug-likeness (QED) is 0.441. The molecule has 7 heteroatoms. The average Bonchev–Trinajstić information content (AvgIpc) is 3.16. The average molecular weight is 428 g/mol. The van der Waals surface area contributed by atoms with Gasteiger partial charge in [0.2, 0.25) is 0 Å². The third-order valence-corrected chi connectivity index (χ3v) is 6.34. The van der Waals surface area contributed by atoms with Gasteiger partial charge in [-0.1, -0.05) is 43.0 Å². The second kappa shape index (κ2) is 9.53. The predicted octanol–water partition coefficient (Wildman–Crippen LogP) is 3.54. The highest BCUT2D eigenvalue weighted by Gasteiger charge is 2.26. The van der Waals surface area contributed by atoms with Crippen LogP contribution in [0.3, 0.4) is 0 Å². The van der Waals surface area contributed by atoms with E-state index in [0.29, 0.717) is 10.7 Å². The number of hydrogen-bond donors (Lipinski definition) is 1. The highest BCUT2D eigenvalue weighted by atomic mass is 32.2. The van der Waals surface area contributed by atoms with Crippen LogP contribution in [0.25, 0.3) is 5.69 Å². The van der Waals surface area contributed by atoms with E-state index >= 15 is 0 Å². The molecule has 2 aromatic carbocycles.